The van der Waals surface area contributed by atoms with Gasteiger partial charge in [0.15, 0.2) is 17.3 Å². The average molecular weight is 358 g/mol. The summed E-state index contributed by atoms with van der Waals surface area (Å²) in [5.41, 5.74) is 0.843. The number of halogens is 1. The monoisotopic (exact) mass is 358 g/mol. The highest BCUT2D eigenvalue weighted by molar-refractivity contribution is 5.92. The van der Waals surface area contributed by atoms with Crippen molar-refractivity contribution < 1.29 is 18.7 Å². The lowest BCUT2D eigenvalue weighted by molar-refractivity contribution is -0.181. The largest absolute Gasteiger partial charge is 0.347 e. The van der Waals surface area contributed by atoms with Gasteiger partial charge in [-0.2, -0.15) is 0 Å². The van der Waals surface area contributed by atoms with Gasteiger partial charge in [0.05, 0.1) is 13.2 Å². The van der Waals surface area contributed by atoms with Crippen LogP contribution in [-0.2, 0) is 9.47 Å². The van der Waals surface area contributed by atoms with Gasteiger partial charge in [-0.3, -0.25) is 4.79 Å². The smallest absolute Gasteiger partial charge is 0.274 e. The first-order valence-corrected chi connectivity index (χ1v) is 8.57. The molecule has 2 saturated heterocycles. The number of benzene rings is 1. The van der Waals surface area contributed by atoms with Crippen LogP contribution in [0.3, 0.4) is 0 Å². The minimum Gasteiger partial charge on any atom is -0.347 e. The SMILES string of the molecule is O=C(c1ccc(Nc2cccc(F)c2)nn1)N1CCC2(CC1)OCCO2. The highest BCUT2D eigenvalue weighted by atomic mass is 19.1. The van der Waals surface area contributed by atoms with Gasteiger partial charge in [0, 0.05) is 31.6 Å². The Morgan fingerprint density at radius 3 is 2.54 bits per heavy atom. The Bertz CT molecular complexity index is 783. The number of rotatable bonds is 3. The molecular weight excluding hydrogens is 339 g/mol. The number of aromatic nitrogens is 2. The van der Waals surface area contributed by atoms with Gasteiger partial charge >= 0.3 is 0 Å². The molecule has 136 valence electrons. The maximum absolute atomic E-state index is 13.2. The van der Waals surface area contributed by atoms with Crippen LogP contribution < -0.4 is 5.32 Å². The molecule has 1 aromatic heterocycles. The summed E-state index contributed by atoms with van der Waals surface area (Å²) < 4.78 is 24.6. The molecule has 3 heterocycles. The quantitative estimate of drug-likeness (QED) is 0.908. The topological polar surface area (TPSA) is 76.6 Å². The van der Waals surface area contributed by atoms with Gasteiger partial charge in [-0.05, 0) is 30.3 Å². The van der Waals surface area contributed by atoms with E-state index in [0.717, 1.165) is 0 Å². The molecule has 2 aliphatic heterocycles. The summed E-state index contributed by atoms with van der Waals surface area (Å²) >= 11 is 0. The molecule has 26 heavy (non-hydrogen) atoms. The van der Waals surface area contributed by atoms with Crippen LogP contribution in [0.4, 0.5) is 15.9 Å². The zero-order valence-electron chi connectivity index (χ0n) is 14.2. The second kappa shape index (κ2) is 6.97. The van der Waals surface area contributed by atoms with Gasteiger partial charge in [0.25, 0.3) is 5.91 Å². The summed E-state index contributed by atoms with van der Waals surface area (Å²) in [7, 11) is 0. The molecule has 2 aliphatic rings. The van der Waals surface area contributed by atoms with E-state index in [1.54, 1.807) is 29.2 Å². The maximum Gasteiger partial charge on any atom is 0.274 e. The number of ether oxygens (including phenoxy) is 2. The number of nitrogens with zero attached hydrogens (tertiary/aromatic N) is 3. The van der Waals surface area contributed by atoms with Crippen molar-refractivity contribution in [1.29, 1.82) is 0 Å². The van der Waals surface area contributed by atoms with Crippen LogP contribution in [0.25, 0.3) is 0 Å². The lowest BCUT2D eigenvalue weighted by atomic mass is 10.0. The number of hydrogen-bond acceptors (Lipinski definition) is 6. The number of likely N-dealkylation sites (tertiary alicyclic amines) is 1. The molecule has 2 aromatic rings. The molecule has 0 atom stereocenters. The fourth-order valence-electron chi connectivity index (χ4n) is 3.23. The molecule has 0 unspecified atom stereocenters. The summed E-state index contributed by atoms with van der Waals surface area (Å²) in [5.74, 6) is -0.575. The Morgan fingerprint density at radius 2 is 1.88 bits per heavy atom. The lowest BCUT2D eigenvalue weighted by Crippen LogP contribution is -2.47. The number of nitrogens with one attached hydrogen (secondary N) is 1. The van der Waals surface area contributed by atoms with Crippen molar-refractivity contribution in [3.05, 3.63) is 47.9 Å². The molecule has 1 aromatic carbocycles. The van der Waals surface area contributed by atoms with Gasteiger partial charge in [-0.1, -0.05) is 6.07 Å². The number of carbonyl (C=O) groups excluding carboxylic acids is 1. The van der Waals surface area contributed by atoms with Crippen LogP contribution >= 0.6 is 0 Å². The average Bonchev–Trinajstić information content (AvgIpc) is 3.11. The van der Waals surface area contributed by atoms with Crippen LogP contribution in [0, 0.1) is 5.82 Å². The highest BCUT2D eigenvalue weighted by Crippen LogP contribution is 2.31. The van der Waals surface area contributed by atoms with E-state index in [2.05, 4.69) is 15.5 Å². The predicted octanol–water partition coefficient (Wildman–Crippen LogP) is 2.34. The third kappa shape index (κ3) is 3.51. The Labute approximate surface area is 150 Å². The molecule has 0 bridgehead atoms. The van der Waals surface area contributed by atoms with E-state index < -0.39 is 5.79 Å². The summed E-state index contributed by atoms with van der Waals surface area (Å²) in [6, 6.07) is 9.31. The summed E-state index contributed by atoms with van der Waals surface area (Å²) in [6.45, 7) is 2.34. The van der Waals surface area contributed by atoms with Gasteiger partial charge in [-0.15, -0.1) is 10.2 Å². The van der Waals surface area contributed by atoms with Gasteiger partial charge in [0.2, 0.25) is 0 Å². The maximum atomic E-state index is 13.2. The molecule has 0 aliphatic carbocycles. The first-order valence-electron chi connectivity index (χ1n) is 8.57. The van der Waals surface area contributed by atoms with Crippen molar-refractivity contribution >= 4 is 17.4 Å². The van der Waals surface area contributed by atoms with Crippen molar-refractivity contribution in [2.45, 2.75) is 18.6 Å². The molecule has 4 rings (SSSR count). The fourth-order valence-corrected chi connectivity index (χ4v) is 3.23. The van der Waals surface area contributed by atoms with E-state index >= 15 is 0 Å². The van der Waals surface area contributed by atoms with Crippen molar-refractivity contribution in [3.8, 4) is 0 Å². The van der Waals surface area contributed by atoms with E-state index in [0.29, 0.717) is 50.7 Å². The summed E-state index contributed by atoms with van der Waals surface area (Å²) in [4.78, 5) is 14.3. The van der Waals surface area contributed by atoms with Crippen molar-refractivity contribution in [2.75, 3.05) is 31.6 Å². The highest BCUT2D eigenvalue weighted by Gasteiger charge is 2.41. The molecule has 7 nitrogen and oxygen atoms in total. The molecule has 2 fully saturated rings. The van der Waals surface area contributed by atoms with E-state index in [9.17, 15) is 9.18 Å². The second-order valence-electron chi connectivity index (χ2n) is 6.34. The molecule has 1 N–H and O–H groups in total. The van der Waals surface area contributed by atoms with Gasteiger partial charge < -0.3 is 19.7 Å². The Balaban J connectivity index is 1.38. The third-order valence-electron chi connectivity index (χ3n) is 4.61. The van der Waals surface area contributed by atoms with E-state index in [4.69, 9.17) is 9.47 Å². The van der Waals surface area contributed by atoms with Crippen LogP contribution in [-0.4, -0.2) is 53.1 Å². The van der Waals surface area contributed by atoms with Gasteiger partial charge in [-0.25, -0.2) is 4.39 Å². The molecular formula is C18H19FN4O3. The van der Waals surface area contributed by atoms with Crippen LogP contribution in [0.2, 0.25) is 0 Å². The molecule has 0 radical (unpaired) electrons. The fraction of sp³-hybridized carbons (Fsp3) is 0.389. The van der Waals surface area contributed by atoms with Crippen molar-refractivity contribution in [2.24, 2.45) is 0 Å². The van der Waals surface area contributed by atoms with Crippen molar-refractivity contribution in [3.63, 3.8) is 0 Å². The lowest BCUT2D eigenvalue weighted by Gasteiger charge is -2.37. The number of amides is 1. The minimum atomic E-state index is -0.513. The zero-order valence-corrected chi connectivity index (χ0v) is 14.2. The predicted molar refractivity (Wildman–Crippen MR) is 91.5 cm³/mol. The number of piperidine rings is 1. The summed E-state index contributed by atoms with van der Waals surface area (Å²) in [6.07, 6.45) is 1.32. The standard InChI is InChI=1S/C18H19FN4O3/c19-13-2-1-3-14(12-13)20-16-5-4-15(21-22-16)17(24)23-8-6-18(7-9-23)25-10-11-26-18/h1-5,12H,6-11H2,(H,20,22). The molecule has 1 spiro atoms. The molecule has 1 amide bonds. The normalized spacial score (nSPS) is 18.9. The van der Waals surface area contributed by atoms with Crippen molar-refractivity contribution in [1.82, 2.24) is 15.1 Å². The van der Waals surface area contributed by atoms with Crippen LogP contribution in [0.15, 0.2) is 36.4 Å². The van der Waals surface area contributed by atoms with E-state index in [1.165, 1.54) is 12.1 Å². The minimum absolute atomic E-state index is 0.164. The molecule has 8 heteroatoms. The zero-order chi connectivity index (χ0) is 18.0. The number of carbonyl (C=O) groups is 1. The first kappa shape index (κ1) is 16.9. The number of anilines is 2. The Morgan fingerprint density at radius 1 is 1.12 bits per heavy atom. The second-order valence-corrected chi connectivity index (χ2v) is 6.34. The van der Waals surface area contributed by atoms with Gasteiger partial charge in [0.1, 0.15) is 5.82 Å². The molecule has 0 saturated carbocycles. The third-order valence-corrected chi connectivity index (χ3v) is 4.61. The first-order chi connectivity index (χ1) is 12.6. The van der Waals surface area contributed by atoms with Crippen LogP contribution in [0.1, 0.15) is 23.3 Å². The van der Waals surface area contributed by atoms with Crippen LogP contribution in [0.5, 0.6) is 0 Å². The van der Waals surface area contributed by atoms with E-state index in [-0.39, 0.29) is 17.4 Å². The number of hydrogen-bond donors (Lipinski definition) is 1. The summed E-state index contributed by atoms with van der Waals surface area (Å²) in [5, 5.41) is 11.0. The van der Waals surface area contributed by atoms with E-state index in [1.807, 2.05) is 0 Å². The Hall–Kier alpha value is -2.58. The Kier molecular flexibility index (Phi) is 4.52.